The SMILES string of the molecule is CC(Oc1ccc(Oc2ccc(C(F)(F)F)cc2Cl)cc1)C(=O)OCC1CCCO1. The zero-order valence-corrected chi connectivity index (χ0v) is 16.8. The number of carbonyl (C=O) groups is 1. The van der Waals surface area contributed by atoms with Crippen LogP contribution in [0.4, 0.5) is 13.2 Å². The minimum absolute atomic E-state index is 0.0606. The van der Waals surface area contributed by atoms with Gasteiger partial charge in [0.2, 0.25) is 0 Å². The summed E-state index contributed by atoms with van der Waals surface area (Å²) in [7, 11) is 0. The van der Waals surface area contributed by atoms with Gasteiger partial charge in [0.1, 0.15) is 23.9 Å². The second-order valence-corrected chi connectivity index (χ2v) is 7.15. The third-order valence-corrected chi connectivity index (χ3v) is 4.69. The molecule has 1 fully saturated rings. The predicted molar refractivity (Wildman–Crippen MR) is 103 cm³/mol. The van der Waals surface area contributed by atoms with Gasteiger partial charge in [0.05, 0.1) is 16.7 Å². The maximum Gasteiger partial charge on any atom is 0.416 e. The van der Waals surface area contributed by atoms with E-state index in [1.54, 1.807) is 31.2 Å². The zero-order valence-electron chi connectivity index (χ0n) is 16.1. The summed E-state index contributed by atoms with van der Waals surface area (Å²) >= 11 is 5.89. The van der Waals surface area contributed by atoms with Crippen molar-refractivity contribution in [2.75, 3.05) is 13.2 Å². The lowest BCUT2D eigenvalue weighted by Crippen LogP contribution is -2.29. The Kier molecular flexibility index (Phi) is 7.10. The molecule has 9 heteroatoms. The molecule has 0 bridgehead atoms. The Morgan fingerprint density at radius 1 is 1.20 bits per heavy atom. The molecule has 2 unspecified atom stereocenters. The van der Waals surface area contributed by atoms with Crippen molar-refractivity contribution in [2.45, 2.75) is 38.1 Å². The van der Waals surface area contributed by atoms with E-state index in [2.05, 4.69) is 0 Å². The first-order chi connectivity index (χ1) is 14.2. The van der Waals surface area contributed by atoms with E-state index in [1.165, 1.54) is 0 Å². The molecule has 0 radical (unpaired) electrons. The third-order valence-electron chi connectivity index (χ3n) is 4.39. The summed E-state index contributed by atoms with van der Waals surface area (Å²) in [5.41, 5.74) is -0.857. The van der Waals surface area contributed by atoms with Crippen molar-refractivity contribution >= 4 is 17.6 Å². The molecule has 1 saturated heterocycles. The first-order valence-corrected chi connectivity index (χ1v) is 9.70. The van der Waals surface area contributed by atoms with E-state index >= 15 is 0 Å². The fourth-order valence-corrected chi connectivity index (χ4v) is 3.01. The highest BCUT2D eigenvalue weighted by Crippen LogP contribution is 2.36. The lowest BCUT2D eigenvalue weighted by atomic mass is 10.2. The van der Waals surface area contributed by atoms with Crippen LogP contribution in [0.2, 0.25) is 5.02 Å². The van der Waals surface area contributed by atoms with Crippen LogP contribution < -0.4 is 9.47 Å². The number of hydrogen-bond donors (Lipinski definition) is 0. The molecule has 3 rings (SSSR count). The summed E-state index contributed by atoms with van der Waals surface area (Å²) in [4.78, 5) is 12.0. The topological polar surface area (TPSA) is 54.0 Å². The minimum Gasteiger partial charge on any atom is -0.479 e. The van der Waals surface area contributed by atoms with Gasteiger partial charge < -0.3 is 18.9 Å². The molecule has 0 N–H and O–H groups in total. The molecule has 2 atom stereocenters. The van der Waals surface area contributed by atoms with E-state index < -0.39 is 23.8 Å². The number of carbonyl (C=O) groups excluding carboxylic acids is 1. The van der Waals surface area contributed by atoms with E-state index in [4.69, 9.17) is 30.5 Å². The summed E-state index contributed by atoms with van der Waals surface area (Å²) < 4.78 is 59.8. The highest BCUT2D eigenvalue weighted by Gasteiger charge is 2.31. The standard InChI is InChI=1S/C21H20ClF3O5/c1-13(20(26)28-12-17-3-2-10-27-17)29-15-5-7-16(8-6-15)30-19-9-4-14(11-18(19)22)21(23,24)25/h4-9,11,13,17H,2-3,10,12H2,1H3. The maximum absolute atomic E-state index is 12.7. The van der Waals surface area contributed by atoms with Crippen molar-refractivity contribution < 1.29 is 36.9 Å². The van der Waals surface area contributed by atoms with E-state index in [0.717, 1.165) is 31.0 Å². The highest BCUT2D eigenvalue weighted by molar-refractivity contribution is 6.32. The molecule has 0 spiro atoms. The molecule has 162 valence electrons. The highest BCUT2D eigenvalue weighted by atomic mass is 35.5. The van der Waals surface area contributed by atoms with Crippen molar-refractivity contribution in [3.05, 3.63) is 53.1 Å². The average molecular weight is 445 g/mol. The van der Waals surface area contributed by atoms with Gasteiger partial charge >= 0.3 is 12.1 Å². The zero-order chi connectivity index (χ0) is 21.7. The fourth-order valence-electron chi connectivity index (χ4n) is 2.79. The summed E-state index contributed by atoms with van der Waals surface area (Å²) in [6.07, 6.45) is -3.53. The Morgan fingerprint density at radius 3 is 2.50 bits per heavy atom. The largest absolute Gasteiger partial charge is 0.479 e. The van der Waals surface area contributed by atoms with Crippen LogP contribution in [0, 0.1) is 0 Å². The molecule has 2 aromatic carbocycles. The first-order valence-electron chi connectivity index (χ1n) is 9.32. The summed E-state index contributed by atoms with van der Waals surface area (Å²) in [6, 6.07) is 9.08. The molecule has 0 saturated carbocycles. The minimum atomic E-state index is -4.48. The van der Waals surface area contributed by atoms with Gasteiger partial charge in [0, 0.05) is 6.61 Å². The van der Waals surface area contributed by atoms with Crippen LogP contribution in [-0.4, -0.2) is 31.4 Å². The number of esters is 1. The second kappa shape index (κ2) is 9.57. The van der Waals surface area contributed by atoms with Crippen LogP contribution in [0.15, 0.2) is 42.5 Å². The third kappa shape index (κ3) is 6.03. The van der Waals surface area contributed by atoms with Crippen molar-refractivity contribution in [1.29, 1.82) is 0 Å². The Morgan fingerprint density at radius 2 is 1.90 bits per heavy atom. The molecule has 1 aliphatic heterocycles. The van der Waals surface area contributed by atoms with Crippen LogP contribution in [0.5, 0.6) is 17.2 Å². The van der Waals surface area contributed by atoms with Crippen LogP contribution in [-0.2, 0) is 20.4 Å². The molecule has 2 aromatic rings. The molecule has 30 heavy (non-hydrogen) atoms. The number of rotatable bonds is 7. The van der Waals surface area contributed by atoms with Gasteiger partial charge in [-0.15, -0.1) is 0 Å². The molecule has 1 aliphatic rings. The number of benzene rings is 2. The molecule has 0 aliphatic carbocycles. The van der Waals surface area contributed by atoms with Crippen molar-refractivity contribution in [1.82, 2.24) is 0 Å². The van der Waals surface area contributed by atoms with Crippen molar-refractivity contribution in [3.8, 4) is 17.2 Å². The van der Waals surface area contributed by atoms with Crippen LogP contribution in [0.25, 0.3) is 0 Å². The number of hydrogen-bond acceptors (Lipinski definition) is 5. The second-order valence-electron chi connectivity index (χ2n) is 6.74. The van der Waals surface area contributed by atoms with Gasteiger partial charge in [-0.25, -0.2) is 4.79 Å². The maximum atomic E-state index is 12.7. The molecule has 0 aromatic heterocycles. The molecule has 0 amide bonds. The normalized spacial score (nSPS) is 17.4. The summed E-state index contributed by atoms with van der Waals surface area (Å²) in [6.45, 7) is 2.46. The lowest BCUT2D eigenvalue weighted by Gasteiger charge is -2.16. The van der Waals surface area contributed by atoms with Gasteiger partial charge in [0.25, 0.3) is 0 Å². The molecular formula is C21H20ClF3O5. The molecule has 5 nitrogen and oxygen atoms in total. The Labute approximate surface area is 176 Å². The number of alkyl halides is 3. The van der Waals surface area contributed by atoms with E-state index in [9.17, 15) is 18.0 Å². The Hall–Kier alpha value is -2.45. The van der Waals surface area contributed by atoms with Crippen LogP contribution in [0.3, 0.4) is 0 Å². The van der Waals surface area contributed by atoms with E-state index in [-0.39, 0.29) is 23.5 Å². The van der Waals surface area contributed by atoms with Crippen LogP contribution in [0.1, 0.15) is 25.3 Å². The fraction of sp³-hybridized carbons (Fsp3) is 0.381. The first kappa shape index (κ1) is 22.2. The van der Waals surface area contributed by atoms with Gasteiger partial charge in [-0.2, -0.15) is 13.2 Å². The lowest BCUT2D eigenvalue weighted by molar-refractivity contribution is -0.154. The van der Waals surface area contributed by atoms with E-state index in [1.807, 2.05) is 0 Å². The predicted octanol–water partition coefficient (Wildman–Crippen LogP) is 5.64. The van der Waals surface area contributed by atoms with Crippen LogP contribution >= 0.6 is 11.6 Å². The van der Waals surface area contributed by atoms with Crippen molar-refractivity contribution in [3.63, 3.8) is 0 Å². The quantitative estimate of drug-likeness (QED) is 0.517. The molecule has 1 heterocycles. The van der Waals surface area contributed by atoms with E-state index in [0.29, 0.717) is 18.1 Å². The Balaban J connectivity index is 1.53. The molecular weight excluding hydrogens is 425 g/mol. The smallest absolute Gasteiger partial charge is 0.416 e. The van der Waals surface area contributed by atoms with Gasteiger partial charge in [-0.1, -0.05) is 11.6 Å². The summed E-state index contributed by atoms with van der Waals surface area (Å²) in [5.74, 6) is 0.340. The monoisotopic (exact) mass is 444 g/mol. The summed E-state index contributed by atoms with van der Waals surface area (Å²) in [5, 5.41) is -0.159. The van der Waals surface area contributed by atoms with Crippen molar-refractivity contribution in [2.24, 2.45) is 0 Å². The number of halogens is 4. The number of ether oxygens (including phenoxy) is 4. The Bertz CT molecular complexity index is 864. The van der Waals surface area contributed by atoms with Gasteiger partial charge in [-0.3, -0.25) is 0 Å². The average Bonchev–Trinajstić information content (AvgIpc) is 3.22. The van der Waals surface area contributed by atoms with Gasteiger partial charge in [-0.05, 0) is 62.2 Å². The van der Waals surface area contributed by atoms with Gasteiger partial charge in [0.15, 0.2) is 6.10 Å².